The van der Waals surface area contributed by atoms with Crippen LogP contribution in [0.4, 0.5) is 5.95 Å². The van der Waals surface area contributed by atoms with Crippen LogP contribution in [-0.2, 0) is 9.53 Å². The van der Waals surface area contributed by atoms with Gasteiger partial charge in [0, 0.05) is 48.5 Å². The third kappa shape index (κ3) is 5.51. The lowest BCUT2D eigenvalue weighted by Crippen LogP contribution is -2.44. The van der Waals surface area contributed by atoms with Crippen LogP contribution in [0.5, 0.6) is 0 Å². The summed E-state index contributed by atoms with van der Waals surface area (Å²) in [5.74, 6) is -0.360. The second-order valence-corrected chi connectivity index (χ2v) is 11.7. The van der Waals surface area contributed by atoms with Crippen molar-refractivity contribution in [3.05, 3.63) is 58.7 Å². The molecule has 0 radical (unpaired) electrons. The lowest BCUT2D eigenvalue weighted by molar-refractivity contribution is -0.160. The van der Waals surface area contributed by atoms with Crippen molar-refractivity contribution in [2.75, 3.05) is 31.1 Å². The minimum atomic E-state index is -1.16. The zero-order valence-corrected chi connectivity index (χ0v) is 23.4. The minimum absolute atomic E-state index is 0.603. The van der Waals surface area contributed by atoms with Gasteiger partial charge < -0.3 is 20.1 Å². The van der Waals surface area contributed by atoms with Gasteiger partial charge in [-0.1, -0.05) is 23.7 Å². The Balaban J connectivity index is 1.70. The van der Waals surface area contributed by atoms with E-state index in [9.17, 15) is 9.90 Å². The first kappa shape index (κ1) is 26.5. The number of aliphatic carboxylic acids is 1. The molecule has 0 amide bonds. The van der Waals surface area contributed by atoms with Crippen LogP contribution in [0.1, 0.15) is 38.0 Å². The van der Waals surface area contributed by atoms with Crippen molar-refractivity contribution < 1.29 is 14.6 Å². The fraction of sp³-hybridized carbons (Fsp3) is 0.357. The molecule has 1 fully saturated rings. The van der Waals surface area contributed by atoms with Crippen molar-refractivity contribution in [2.24, 2.45) is 0 Å². The Hall–Kier alpha value is -3.11. The van der Waals surface area contributed by atoms with E-state index < -0.39 is 17.7 Å². The minimum Gasteiger partial charge on any atom is -0.479 e. The second kappa shape index (κ2) is 10.6. The third-order valence-electron chi connectivity index (χ3n) is 6.28. The summed E-state index contributed by atoms with van der Waals surface area (Å²) in [7, 11) is 0. The molecule has 8 nitrogen and oxygen atoms in total. The molecular weight excluding hydrogens is 522 g/mol. The number of rotatable bonds is 6. The fourth-order valence-corrected chi connectivity index (χ4v) is 5.85. The lowest BCUT2D eigenvalue weighted by atomic mass is 9.91. The number of carboxylic acid groups (broad SMARTS) is 1. The van der Waals surface area contributed by atoms with Gasteiger partial charge in [-0.05, 0) is 63.1 Å². The van der Waals surface area contributed by atoms with Crippen LogP contribution in [-0.4, -0.2) is 57.8 Å². The van der Waals surface area contributed by atoms with Gasteiger partial charge in [0.25, 0.3) is 0 Å². The number of anilines is 1. The maximum absolute atomic E-state index is 12.5. The number of ether oxygens (including phenoxy) is 1. The number of piperazine rings is 1. The van der Waals surface area contributed by atoms with Crippen LogP contribution in [0, 0.1) is 6.92 Å². The number of aromatic nitrogens is 3. The number of thiazole rings is 1. The predicted molar refractivity (Wildman–Crippen MR) is 152 cm³/mol. The van der Waals surface area contributed by atoms with Gasteiger partial charge in [-0.2, -0.15) is 0 Å². The molecule has 1 aliphatic heterocycles. The number of carboxylic acids is 1. The molecule has 0 spiro atoms. The van der Waals surface area contributed by atoms with Crippen molar-refractivity contribution in [1.82, 2.24) is 20.3 Å². The Morgan fingerprint density at radius 1 is 1.16 bits per heavy atom. The highest BCUT2D eigenvalue weighted by Crippen LogP contribution is 2.44. The molecule has 0 bridgehead atoms. The lowest BCUT2D eigenvalue weighted by Gasteiger charge is -2.28. The Morgan fingerprint density at radius 2 is 1.87 bits per heavy atom. The van der Waals surface area contributed by atoms with Crippen molar-refractivity contribution >= 4 is 45.1 Å². The second-order valence-electron chi connectivity index (χ2n) is 10.3. The van der Waals surface area contributed by atoms with Crippen molar-refractivity contribution in [3.63, 3.8) is 0 Å². The molecule has 2 aromatic heterocycles. The van der Waals surface area contributed by atoms with E-state index in [2.05, 4.69) is 15.2 Å². The summed E-state index contributed by atoms with van der Waals surface area (Å²) in [5.41, 5.74) is 3.88. The molecular formula is C28H30ClN5O3S. The molecule has 4 aromatic rings. The molecule has 38 heavy (non-hydrogen) atoms. The number of aryl methyl sites for hydroxylation is 1. The van der Waals surface area contributed by atoms with Crippen LogP contribution in [0.2, 0.25) is 5.02 Å². The standard InChI is InChI=1S/C28H30ClN5O3S/c1-16-15-20-24(38-25(32-20)19-9-10-31-27(33-19)34-13-11-30-12-14-34)22(17-5-7-18(29)8-6-17)21(16)23(26(35)36)37-28(2,3)4/h5-10,15,23,30H,11-14H2,1-4H3,(H,35,36). The molecule has 0 saturated carbocycles. The summed E-state index contributed by atoms with van der Waals surface area (Å²) in [6, 6.07) is 11.2. The smallest absolute Gasteiger partial charge is 0.337 e. The molecule has 2 aromatic carbocycles. The number of nitrogens with zero attached hydrogens (tertiary/aromatic N) is 4. The van der Waals surface area contributed by atoms with Crippen LogP contribution >= 0.6 is 22.9 Å². The SMILES string of the molecule is Cc1cc2nc(-c3ccnc(N4CCNCC4)n3)sc2c(-c2ccc(Cl)cc2)c1C(OC(C)(C)C)C(=O)O. The van der Waals surface area contributed by atoms with Gasteiger partial charge in [0.1, 0.15) is 10.7 Å². The number of benzene rings is 2. The summed E-state index contributed by atoms with van der Waals surface area (Å²) < 4.78 is 6.97. The Labute approximate surface area is 230 Å². The summed E-state index contributed by atoms with van der Waals surface area (Å²) in [5, 5.41) is 15.0. The molecule has 198 valence electrons. The monoisotopic (exact) mass is 551 g/mol. The van der Waals surface area contributed by atoms with Crippen LogP contribution < -0.4 is 10.2 Å². The van der Waals surface area contributed by atoms with E-state index in [0.29, 0.717) is 16.5 Å². The van der Waals surface area contributed by atoms with E-state index in [1.54, 1.807) is 18.3 Å². The molecule has 2 N–H and O–H groups in total. The largest absolute Gasteiger partial charge is 0.479 e. The number of carbonyl (C=O) groups is 1. The van der Waals surface area contributed by atoms with E-state index in [-0.39, 0.29) is 0 Å². The summed E-state index contributed by atoms with van der Waals surface area (Å²) in [6.45, 7) is 10.9. The number of fused-ring (bicyclic) bond motifs is 1. The fourth-order valence-electron chi connectivity index (χ4n) is 4.63. The summed E-state index contributed by atoms with van der Waals surface area (Å²) in [4.78, 5) is 29.0. The van der Waals surface area contributed by atoms with Crippen molar-refractivity contribution in [3.8, 4) is 21.8 Å². The topological polar surface area (TPSA) is 100 Å². The highest BCUT2D eigenvalue weighted by molar-refractivity contribution is 7.22. The van der Waals surface area contributed by atoms with Crippen molar-refractivity contribution in [2.45, 2.75) is 39.4 Å². The van der Waals surface area contributed by atoms with Crippen LogP contribution in [0.3, 0.4) is 0 Å². The number of nitrogens with one attached hydrogen (secondary N) is 1. The Kier molecular flexibility index (Phi) is 7.37. The van der Waals surface area contributed by atoms with Gasteiger partial charge in [-0.15, -0.1) is 11.3 Å². The molecule has 1 aliphatic rings. The van der Waals surface area contributed by atoms with Gasteiger partial charge in [0.2, 0.25) is 5.95 Å². The molecule has 1 saturated heterocycles. The van der Waals surface area contributed by atoms with E-state index in [4.69, 9.17) is 26.3 Å². The van der Waals surface area contributed by atoms with E-state index in [1.807, 2.05) is 52.0 Å². The molecule has 1 atom stereocenters. The average molecular weight is 552 g/mol. The molecule has 5 rings (SSSR count). The maximum Gasteiger partial charge on any atom is 0.337 e. The number of halogens is 1. The highest BCUT2D eigenvalue weighted by atomic mass is 35.5. The summed E-state index contributed by atoms with van der Waals surface area (Å²) >= 11 is 7.69. The van der Waals surface area contributed by atoms with Gasteiger partial charge >= 0.3 is 5.97 Å². The van der Waals surface area contributed by atoms with Crippen LogP contribution in [0.15, 0.2) is 42.6 Å². The van der Waals surface area contributed by atoms with Gasteiger partial charge in [0.05, 0.1) is 15.8 Å². The van der Waals surface area contributed by atoms with Gasteiger partial charge in [-0.3, -0.25) is 0 Å². The zero-order chi connectivity index (χ0) is 27.0. The van der Waals surface area contributed by atoms with Gasteiger partial charge in [-0.25, -0.2) is 19.7 Å². The van der Waals surface area contributed by atoms with E-state index in [0.717, 1.165) is 63.8 Å². The quantitative estimate of drug-likeness (QED) is 0.313. The third-order valence-corrected chi connectivity index (χ3v) is 7.64. The zero-order valence-electron chi connectivity index (χ0n) is 21.8. The Bertz CT molecular complexity index is 1480. The number of hydrogen-bond donors (Lipinski definition) is 2. The predicted octanol–water partition coefficient (Wildman–Crippen LogP) is 5.73. The first-order valence-electron chi connectivity index (χ1n) is 12.5. The number of hydrogen-bond acceptors (Lipinski definition) is 8. The van der Waals surface area contributed by atoms with Crippen molar-refractivity contribution in [1.29, 1.82) is 0 Å². The molecule has 0 aliphatic carbocycles. The average Bonchev–Trinajstić information content (AvgIpc) is 3.31. The first-order chi connectivity index (χ1) is 18.1. The highest BCUT2D eigenvalue weighted by Gasteiger charge is 2.32. The maximum atomic E-state index is 12.5. The van der Waals surface area contributed by atoms with Gasteiger partial charge in [0.15, 0.2) is 6.10 Å². The summed E-state index contributed by atoms with van der Waals surface area (Å²) in [6.07, 6.45) is 0.606. The first-order valence-corrected chi connectivity index (χ1v) is 13.7. The van der Waals surface area contributed by atoms with Crippen LogP contribution in [0.25, 0.3) is 32.0 Å². The van der Waals surface area contributed by atoms with E-state index in [1.165, 1.54) is 11.3 Å². The normalized spacial score (nSPS) is 15.1. The molecule has 3 heterocycles. The Morgan fingerprint density at radius 3 is 2.53 bits per heavy atom. The van der Waals surface area contributed by atoms with E-state index >= 15 is 0 Å². The molecule has 1 unspecified atom stereocenters. The molecule has 10 heteroatoms.